The zero-order chi connectivity index (χ0) is 9.19. The van der Waals surface area contributed by atoms with E-state index in [-0.39, 0.29) is 11.2 Å². The van der Waals surface area contributed by atoms with Crippen LogP contribution in [0.4, 0.5) is 0 Å². The molecule has 1 aliphatic rings. The van der Waals surface area contributed by atoms with Crippen LogP contribution in [0.1, 0.15) is 26.2 Å². The summed E-state index contributed by atoms with van der Waals surface area (Å²) in [4.78, 5) is 0. The Labute approximate surface area is 74.3 Å². The van der Waals surface area contributed by atoms with E-state index in [0.717, 1.165) is 19.3 Å². The predicted octanol–water partition coefficient (Wildman–Crippen LogP) is 0.548. The molecule has 4 heteroatoms. The Kier molecular flexibility index (Phi) is 3.12. The van der Waals surface area contributed by atoms with Gasteiger partial charge in [-0.1, -0.05) is 13.3 Å². The van der Waals surface area contributed by atoms with E-state index < -0.39 is 9.84 Å². The van der Waals surface area contributed by atoms with Gasteiger partial charge in [-0.05, 0) is 25.3 Å². The molecule has 12 heavy (non-hydrogen) atoms. The van der Waals surface area contributed by atoms with Crippen LogP contribution < -0.4 is 5.73 Å². The molecule has 2 atom stereocenters. The Morgan fingerprint density at radius 2 is 2.25 bits per heavy atom. The predicted molar refractivity (Wildman–Crippen MR) is 49.6 cm³/mol. The Morgan fingerprint density at radius 3 is 2.58 bits per heavy atom. The fourth-order valence-corrected chi connectivity index (χ4v) is 4.21. The maximum atomic E-state index is 11.5. The summed E-state index contributed by atoms with van der Waals surface area (Å²) >= 11 is 0. The van der Waals surface area contributed by atoms with Crippen molar-refractivity contribution in [3.05, 3.63) is 0 Å². The second-order valence-electron chi connectivity index (χ2n) is 3.45. The fraction of sp³-hybridized carbons (Fsp3) is 1.00. The van der Waals surface area contributed by atoms with Gasteiger partial charge in [0.25, 0.3) is 0 Å². The lowest BCUT2D eigenvalue weighted by Crippen LogP contribution is -2.31. The van der Waals surface area contributed by atoms with Crippen LogP contribution in [0.15, 0.2) is 0 Å². The first-order chi connectivity index (χ1) is 5.61. The SMILES string of the molecule is CCC(CN)C1CCCS1(=O)=O. The van der Waals surface area contributed by atoms with Gasteiger partial charge in [0.05, 0.1) is 11.0 Å². The van der Waals surface area contributed by atoms with Gasteiger partial charge in [0.2, 0.25) is 0 Å². The molecule has 0 aromatic heterocycles. The summed E-state index contributed by atoms with van der Waals surface area (Å²) in [6, 6.07) is 0. The van der Waals surface area contributed by atoms with Crippen LogP contribution in [0, 0.1) is 5.92 Å². The first kappa shape index (κ1) is 9.99. The summed E-state index contributed by atoms with van der Waals surface area (Å²) in [5.74, 6) is 0.547. The van der Waals surface area contributed by atoms with Crippen LogP contribution >= 0.6 is 0 Å². The van der Waals surface area contributed by atoms with Crippen molar-refractivity contribution >= 4 is 9.84 Å². The van der Waals surface area contributed by atoms with Crippen molar-refractivity contribution in [3.8, 4) is 0 Å². The van der Waals surface area contributed by atoms with E-state index in [9.17, 15) is 8.42 Å². The average molecular weight is 191 g/mol. The normalized spacial score (nSPS) is 30.3. The highest BCUT2D eigenvalue weighted by molar-refractivity contribution is 7.92. The van der Waals surface area contributed by atoms with Gasteiger partial charge < -0.3 is 5.73 Å². The van der Waals surface area contributed by atoms with E-state index in [0.29, 0.717) is 12.3 Å². The lowest BCUT2D eigenvalue weighted by atomic mass is 9.99. The van der Waals surface area contributed by atoms with Crippen molar-refractivity contribution in [1.82, 2.24) is 0 Å². The van der Waals surface area contributed by atoms with Crippen LogP contribution in [-0.2, 0) is 9.84 Å². The third kappa shape index (κ3) is 1.80. The summed E-state index contributed by atoms with van der Waals surface area (Å²) in [7, 11) is -2.79. The summed E-state index contributed by atoms with van der Waals surface area (Å²) in [6.07, 6.45) is 2.52. The summed E-state index contributed by atoms with van der Waals surface area (Å²) in [6.45, 7) is 2.51. The Morgan fingerprint density at radius 1 is 1.58 bits per heavy atom. The van der Waals surface area contributed by atoms with Crippen LogP contribution in [0.3, 0.4) is 0 Å². The maximum absolute atomic E-state index is 11.5. The maximum Gasteiger partial charge on any atom is 0.153 e. The largest absolute Gasteiger partial charge is 0.330 e. The number of sulfone groups is 1. The fourth-order valence-electron chi connectivity index (χ4n) is 1.93. The highest BCUT2D eigenvalue weighted by atomic mass is 32.2. The summed E-state index contributed by atoms with van der Waals surface area (Å²) in [5.41, 5.74) is 5.52. The third-order valence-corrected chi connectivity index (χ3v) is 5.13. The molecule has 1 heterocycles. The van der Waals surface area contributed by atoms with Crippen molar-refractivity contribution in [2.45, 2.75) is 31.4 Å². The zero-order valence-electron chi connectivity index (χ0n) is 7.49. The molecule has 1 fully saturated rings. The molecule has 2 unspecified atom stereocenters. The van der Waals surface area contributed by atoms with E-state index >= 15 is 0 Å². The minimum absolute atomic E-state index is 0.146. The standard InChI is InChI=1S/C8H17NO2S/c1-2-7(6-9)8-4-3-5-12(8,10)11/h7-8H,2-6,9H2,1H3. The first-order valence-electron chi connectivity index (χ1n) is 4.53. The monoisotopic (exact) mass is 191 g/mol. The van der Waals surface area contributed by atoms with Crippen molar-refractivity contribution < 1.29 is 8.42 Å². The molecule has 1 saturated heterocycles. The van der Waals surface area contributed by atoms with Gasteiger partial charge in [-0.15, -0.1) is 0 Å². The molecular weight excluding hydrogens is 174 g/mol. The lowest BCUT2D eigenvalue weighted by Gasteiger charge is -2.18. The number of nitrogens with two attached hydrogens (primary N) is 1. The highest BCUT2D eigenvalue weighted by Crippen LogP contribution is 2.27. The van der Waals surface area contributed by atoms with Gasteiger partial charge in [-0.2, -0.15) is 0 Å². The summed E-state index contributed by atoms with van der Waals surface area (Å²) in [5, 5.41) is -0.146. The zero-order valence-corrected chi connectivity index (χ0v) is 8.31. The van der Waals surface area contributed by atoms with Gasteiger partial charge in [0.1, 0.15) is 0 Å². The smallest absolute Gasteiger partial charge is 0.153 e. The van der Waals surface area contributed by atoms with Crippen molar-refractivity contribution in [1.29, 1.82) is 0 Å². The first-order valence-corrected chi connectivity index (χ1v) is 6.25. The Balaban J connectivity index is 2.74. The van der Waals surface area contributed by atoms with E-state index in [2.05, 4.69) is 0 Å². The van der Waals surface area contributed by atoms with Gasteiger partial charge >= 0.3 is 0 Å². The number of hydrogen-bond acceptors (Lipinski definition) is 3. The molecule has 1 rings (SSSR count). The van der Waals surface area contributed by atoms with Crippen LogP contribution in [-0.4, -0.2) is 26.0 Å². The highest BCUT2D eigenvalue weighted by Gasteiger charge is 2.35. The van der Waals surface area contributed by atoms with E-state index in [4.69, 9.17) is 5.73 Å². The van der Waals surface area contributed by atoms with E-state index in [1.807, 2.05) is 6.92 Å². The molecule has 0 aromatic carbocycles. The molecule has 0 spiro atoms. The molecule has 0 saturated carbocycles. The van der Waals surface area contributed by atoms with E-state index in [1.165, 1.54) is 0 Å². The molecule has 0 radical (unpaired) electrons. The third-order valence-electron chi connectivity index (χ3n) is 2.73. The van der Waals surface area contributed by atoms with Crippen molar-refractivity contribution in [2.24, 2.45) is 11.7 Å². The topological polar surface area (TPSA) is 60.2 Å². The number of rotatable bonds is 3. The molecule has 0 amide bonds. The van der Waals surface area contributed by atoms with Gasteiger partial charge in [-0.25, -0.2) is 8.42 Å². The quantitative estimate of drug-likeness (QED) is 0.708. The lowest BCUT2D eigenvalue weighted by molar-refractivity contribution is 0.467. The molecule has 1 aliphatic heterocycles. The molecule has 0 aliphatic carbocycles. The minimum Gasteiger partial charge on any atom is -0.330 e. The summed E-state index contributed by atoms with van der Waals surface area (Å²) < 4.78 is 22.9. The van der Waals surface area contributed by atoms with Gasteiger partial charge in [0, 0.05) is 0 Å². The van der Waals surface area contributed by atoms with Crippen LogP contribution in [0.25, 0.3) is 0 Å². The van der Waals surface area contributed by atoms with Gasteiger partial charge in [-0.3, -0.25) is 0 Å². The van der Waals surface area contributed by atoms with Crippen LogP contribution in [0.2, 0.25) is 0 Å². The Bertz CT molecular complexity index is 231. The Hall–Kier alpha value is -0.0900. The average Bonchev–Trinajstić information content (AvgIpc) is 2.34. The molecule has 3 nitrogen and oxygen atoms in total. The molecular formula is C8H17NO2S. The van der Waals surface area contributed by atoms with Crippen molar-refractivity contribution in [3.63, 3.8) is 0 Å². The number of hydrogen-bond donors (Lipinski definition) is 1. The second-order valence-corrected chi connectivity index (χ2v) is 5.79. The van der Waals surface area contributed by atoms with E-state index in [1.54, 1.807) is 0 Å². The second kappa shape index (κ2) is 3.75. The van der Waals surface area contributed by atoms with Gasteiger partial charge in [0.15, 0.2) is 9.84 Å². The molecule has 72 valence electrons. The minimum atomic E-state index is -2.79. The van der Waals surface area contributed by atoms with Crippen molar-refractivity contribution in [2.75, 3.05) is 12.3 Å². The molecule has 0 aromatic rings. The molecule has 0 bridgehead atoms. The van der Waals surface area contributed by atoms with Crippen LogP contribution in [0.5, 0.6) is 0 Å². The molecule has 2 N–H and O–H groups in total.